The number of hydrogen-bond acceptors (Lipinski definition) is 0. The highest BCUT2D eigenvalue weighted by Gasteiger charge is 2.08. The fourth-order valence-corrected chi connectivity index (χ4v) is 1.77. The predicted molar refractivity (Wildman–Crippen MR) is 59.7 cm³/mol. The van der Waals surface area contributed by atoms with Crippen LogP contribution in [0.25, 0.3) is 11.3 Å². The van der Waals surface area contributed by atoms with E-state index in [4.69, 9.17) is 23.2 Å². The summed E-state index contributed by atoms with van der Waals surface area (Å²) in [5.41, 5.74) is 1.94. The molecule has 0 spiro atoms. The summed E-state index contributed by atoms with van der Waals surface area (Å²) in [6.07, 6.45) is 1.85. The molecule has 0 aliphatic heterocycles. The van der Waals surface area contributed by atoms with Gasteiger partial charge in [-0.15, -0.1) is 0 Å². The molecular weight excluding hydrogens is 217 g/mol. The number of nitrogens with zero attached hydrogens (tertiary/aromatic N) is 1. The second kappa shape index (κ2) is 3.68. The van der Waals surface area contributed by atoms with Crippen molar-refractivity contribution in [2.24, 2.45) is 7.05 Å². The summed E-state index contributed by atoms with van der Waals surface area (Å²) in [6.45, 7) is 0. The van der Waals surface area contributed by atoms with Gasteiger partial charge in [0.2, 0.25) is 0 Å². The quantitative estimate of drug-likeness (QED) is 0.695. The van der Waals surface area contributed by atoms with Crippen LogP contribution in [-0.4, -0.2) is 4.57 Å². The van der Waals surface area contributed by atoms with Gasteiger partial charge in [0, 0.05) is 30.6 Å². The van der Waals surface area contributed by atoms with E-state index in [1.54, 1.807) is 6.07 Å². The molecule has 3 heteroatoms. The van der Waals surface area contributed by atoms with Gasteiger partial charge in [-0.3, -0.25) is 0 Å². The van der Waals surface area contributed by atoms with Crippen LogP contribution in [-0.2, 0) is 7.05 Å². The molecule has 14 heavy (non-hydrogen) atoms. The molecule has 0 unspecified atom stereocenters. The first-order chi connectivity index (χ1) is 6.70. The fourth-order valence-electron chi connectivity index (χ4n) is 1.37. The van der Waals surface area contributed by atoms with Crippen LogP contribution in [0.15, 0.2) is 30.5 Å². The molecule has 1 aromatic carbocycles. The maximum Gasteiger partial charge on any atom is 0.0685 e. The molecule has 2 rings (SSSR count). The highest BCUT2D eigenvalue weighted by atomic mass is 35.5. The molecular formula is C11H8Cl2N. The zero-order chi connectivity index (χ0) is 10.1. The molecule has 0 N–H and O–H groups in total. The number of aromatic nitrogens is 1. The van der Waals surface area contributed by atoms with Gasteiger partial charge in [0.1, 0.15) is 0 Å². The molecule has 0 fully saturated rings. The smallest absolute Gasteiger partial charge is 0.0685 e. The van der Waals surface area contributed by atoms with E-state index in [1.165, 1.54) is 0 Å². The molecule has 0 saturated carbocycles. The summed E-state index contributed by atoms with van der Waals surface area (Å²) in [4.78, 5) is 0. The van der Waals surface area contributed by atoms with E-state index in [0.29, 0.717) is 10.0 Å². The van der Waals surface area contributed by atoms with Gasteiger partial charge in [0.15, 0.2) is 0 Å². The van der Waals surface area contributed by atoms with Crippen molar-refractivity contribution in [3.63, 3.8) is 0 Å². The van der Waals surface area contributed by atoms with Crippen LogP contribution < -0.4 is 0 Å². The van der Waals surface area contributed by atoms with E-state index in [0.717, 1.165) is 11.3 Å². The molecule has 1 radical (unpaired) electrons. The third kappa shape index (κ3) is 1.54. The largest absolute Gasteiger partial charge is 0.350 e. The van der Waals surface area contributed by atoms with Gasteiger partial charge in [-0.2, -0.15) is 0 Å². The summed E-state index contributed by atoms with van der Waals surface area (Å²) in [7, 11) is 1.95. The molecule has 0 atom stereocenters. The summed E-state index contributed by atoms with van der Waals surface area (Å²) in [5, 5.41) is 1.16. The summed E-state index contributed by atoms with van der Waals surface area (Å²) in [6, 6.07) is 10.5. The van der Waals surface area contributed by atoms with Gasteiger partial charge in [-0.05, 0) is 12.1 Å². The van der Waals surface area contributed by atoms with Crippen LogP contribution in [0.2, 0.25) is 10.0 Å². The highest BCUT2D eigenvalue weighted by molar-refractivity contribution is 6.43. The number of aryl methyl sites for hydroxylation is 1. The van der Waals surface area contributed by atoms with Crippen LogP contribution in [0.4, 0.5) is 0 Å². The second-order valence-electron chi connectivity index (χ2n) is 3.04. The molecule has 0 bridgehead atoms. The van der Waals surface area contributed by atoms with Gasteiger partial charge in [-0.25, -0.2) is 0 Å². The second-order valence-corrected chi connectivity index (χ2v) is 3.82. The lowest BCUT2D eigenvalue weighted by atomic mass is 10.1. The highest BCUT2D eigenvalue weighted by Crippen LogP contribution is 2.32. The Labute approximate surface area is 92.9 Å². The van der Waals surface area contributed by atoms with Crippen molar-refractivity contribution < 1.29 is 0 Å². The average molecular weight is 225 g/mol. The first kappa shape index (κ1) is 9.63. The van der Waals surface area contributed by atoms with Crippen molar-refractivity contribution in [2.45, 2.75) is 0 Å². The summed E-state index contributed by atoms with van der Waals surface area (Å²) < 4.78 is 1.96. The zero-order valence-corrected chi connectivity index (χ0v) is 9.10. The Kier molecular flexibility index (Phi) is 2.53. The average Bonchev–Trinajstić information content (AvgIpc) is 2.57. The van der Waals surface area contributed by atoms with Crippen molar-refractivity contribution in [3.8, 4) is 11.3 Å². The van der Waals surface area contributed by atoms with Gasteiger partial charge < -0.3 is 4.57 Å². The standard InChI is InChI=1S/C11H8Cl2N/c1-14-7-3-6-10(14)8-4-2-5-9(12)11(8)13/h2,4-7H,1H3. The van der Waals surface area contributed by atoms with Crippen LogP contribution >= 0.6 is 23.2 Å². The predicted octanol–water partition coefficient (Wildman–Crippen LogP) is 3.80. The molecule has 2 aromatic rings. The molecule has 71 valence electrons. The first-order valence-electron chi connectivity index (χ1n) is 4.17. The summed E-state index contributed by atoms with van der Waals surface area (Å²) in [5.74, 6) is 0. The number of halogens is 2. The minimum atomic E-state index is 0.574. The molecule has 1 aromatic heterocycles. The summed E-state index contributed by atoms with van der Waals surface area (Å²) >= 11 is 12.0. The van der Waals surface area contributed by atoms with Crippen LogP contribution in [0.1, 0.15) is 0 Å². The Hall–Kier alpha value is -0.920. The van der Waals surface area contributed by atoms with Crippen LogP contribution in [0.5, 0.6) is 0 Å². The van der Waals surface area contributed by atoms with Crippen molar-refractivity contribution in [3.05, 3.63) is 46.6 Å². The molecule has 0 saturated heterocycles. The topological polar surface area (TPSA) is 4.93 Å². The monoisotopic (exact) mass is 224 g/mol. The van der Waals surface area contributed by atoms with E-state index in [-0.39, 0.29) is 0 Å². The fraction of sp³-hybridized carbons (Fsp3) is 0.0909. The maximum absolute atomic E-state index is 6.10. The van der Waals surface area contributed by atoms with Crippen LogP contribution in [0.3, 0.4) is 0 Å². The Morgan fingerprint density at radius 3 is 2.71 bits per heavy atom. The molecule has 0 aliphatic rings. The van der Waals surface area contributed by atoms with Crippen molar-refractivity contribution in [1.82, 2.24) is 4.57 Å². The zero-order valence-electron chi connectivity index (χ0n) is 7.59. The van der Waals surface area contributed by atoms with Crippen molar-refractivity contribution >= 4 is 23.2 Å². The Morgan fingerprint density at radius 1 is 1.29 bits per heavy atom. The Bertz CT molecular complexity index is 460. The molecule has 1 heterocycles. The minimum absolute atomic E-state index is 0.574. The lowest BCUT2D eigenvalue weighted by Gasteiger charge is -2.06. The number of hydrogen-bond donors (Lipinski definition) is 0. The lowest BCUT2D eigenvalue weighted by Crippen LogP contribution is -1.89. The first-order valence-corrected chi connectivity index (χ1v) is 4.92. The number of rotatable bonds is 1. The SMILES string of the molecule is Cn1c[c]cc1-c1cccc(Cl)c1Cl. The van der Waals surface area contributed by atoms with Gasteiger partial charge in [-0.1, -0.05) is 35.3 Å². The number of benzene rings is 1. The Morgan fingerprint density at radius 2 is 2.07 bits per heavy atom. The lowest BCUT2D eigenvalue weighted by molar-refractivity contribution is 0.936. The molecule has 0 aliphatic carbocycles. The van der Waals surface area contributed by atoms with E-state index in [1.807, 2.05) is 36.0 Å². The van der Waals surface area contributed by atoms with Crippen molar-refractivity contribution in [1.29, 1.82) is 0 Å². The van der Waals surface area contributed by atoms with Crippen molar-refractivity contribution in [2.75, 3.05) is 0 Å². The third-order valence-electron chi connectivity index (χ3n) is 2.10. The third-order valence-corrected chi connectivity index (χ3v) is 2.91. The molecule has 1 nitrogen and oxygen atoms in total. The molecule has 0 amide bonds. The van der Waals surface area contributed by atoms with Gasteiger partial charge in [0.25, 0.3) is 0 Å². The van der Waals surface area contributed by atoms with E-state index >= 15 is 0 Å². The van der Waals surface area contributed by atoms with E-state index in [2.05, 4.69) is 6.07 Å². The normalized spacial score (nSPS) is 10.5. The Balaban J connectivity index is 2.63. The van der Waals surface area contributed by atoms with Crippen LogP contribution in [0, 0.1) is 6.07 Å². The minimum Gasteiger partial charge on any atom is -0.350 e. The van der Waals surface area contributed by atoms with E-state index < -0.39 is 0 Å². The van der Waals surface area contributed by atoms with Gasteiger partial charge >= 0.3 is 0 Å². The van der Waals surface area contributed by atoms with Gasteiger partial charge in [0.05, 0.1) is 10.0 Å². The maximum atomic E-state index is 6.10. The van der Waals surface area contributed by atoms with E-state index in [9.17, 15) is 0 Å².